The Kier molecular flexibility index (Phi) is 7.17. The maximum atomic E-state index is 6.58. The van der Waals surface area contributed by atoms with Gasteiger partial charge in [-0.15, -0.1) is 0 Å². The zero-order chi connectivity index (χ0) is 19.1. The summed E-state index contributed by atoms with van der Waals surface area (Å²) >= 11 is 6.58. The Labute approximate surface area is 168 Å². The molecule has 2 aromatic carbocycles. The first kappa shape index (κ1) is 20.2. The first-order valence-corrected chi connectivity index (χ1v) is 10.4. The van der Waals surface area contributed by atoms with Gasteiger partial charge in [0.05, 0.1) is 12.6 Å². The Morgan fingerprint density at radius 1 is 1.11 bits per heavy atom. The standard InChI is InChI=1S/C23H31ClN2O/c1-25-23(20-9-3-4-10-21(20)24)16-6-5-11-22(23)26-17-7-8-18-12-14-19(27-2)15-13-18/h3-4,9-10,12-15,22,25-26H,5-8,11,16-17H2,1-2H3. The van der Waals surface area contributed by atoms with Crippen molar-refractivity contribution in [3.05, 3.63) is 64.7 Å². The number of benzene rings is 2. The van der Waals surface area contributed by atoms with E-state index in [0.29, 0.717) is 6.04 Å². The molecule has 1 aliphatic carbocycles. The van der Waals surface area contributed by atoms with Crippen LogP contribution >= 0.6 is 11.6 Å². The van der Waals surface area contributed by atoms with E-state index in [1.807, 2.05) is 24.3 Å². The molecule has 0 bridgehead atoms. The smallest absolute Gasteiger partial charge is 0.118 e. The fourth-order valence-electron chi connectivity index (χ4n) is 4.39. The van der Waals surface area contributed by atoms with Crippen molar-refractivity contribution in [3.8, 4) is 5.75 Å². The van der Waals surface area contributed by atoms with Gasteiger partial charge in [-0.2, -0.15) is 0 Å². The van der Waals surface area contributed by atoms with Gasteiger partial charge in [-0.05, 0) is 68.6 Å². The Balaban J connectivity index is 1.62. The van der Waals surface area contributed by atoms with Gasteiger partial charge in [0.1, 0.15) is 5.75 Å². The van der Waals surface area contributed by atoms with Crippen molar-refractivity contribution in [3.63, 3.8) is 0 Å². The highest BCUT2D eigenvalue weighted by Gasteiger charge is 2.41. The zero-order valence-corrected chi connectivity index (χ0v) is 17.2. The lowest BCUT2D eigenvalue weighted by molar-refractivity contribution is 0.178. The summed E-state index contributed by atoms with van der Waals surface area (Å²) in [5.41, 5.74) is 2.49. The Hall–Kier alpha value is -1.55. The van der Waals surface area contributed by atoms with E-state index < -0.39 is 0 Å². The van der Waals surface area contributed by atoms with E-state index in [2.05, 4.69) is 41.9 Å². The summed E-state index contributed by atoms with van der Waals surface area (Å²) in [6.07, 6.45) is 6.98. The second kappa shape index (κ2) is 9.59. The van der Waals surface area contributed by atoms with Gasteiger partial charge in [0.25, 0.3) is 0 Å². The van der Waals surface area contributed by atoms with Crippen LogP contribution in [0, 0.1) is 0 Å². The minimum absolute atomic E-state index is 0.0866. The summed E-state index contributed by atoms with van der Waals surface area (Å²) in [7, 11) is 3.77. The molecule has 2 atom stereocenters. The molecule has 0 heterocycles. The average molecular weight is 387 g/mol. The molecule has 1 aliphatic rings. The van der Waals surface area contributed by atoms with Gasteiger partial charge in [-0.25, -0.2) is 0 Å². The van der Waals surface area contributed by atoms with Crippen molar-refractivity contribution >= 4 is 11.6 Å². The molecule has 0 amide bonds. The van der Waals surface area contributed by atoms with E-state index in [1.54, 1.807) is 7.11 Å². The largest absolute Gasteiger partial charge is 0.497 e. The number of methoxy groups -OCH3 is 1. The minimum atomic E-state index is -0.0866. The summed E-state index contributed by atoms with van der Waals surface area (Å²) in [6, 6.07) is 17.1. The SMILES string of the molecule is CNC1(c2ccccc2Cl)CCCCC1NCCCc1ccc(OC)cc1. The lowest BCUT2D eigenvalue weighted by atomic mass is 9.72. The van der Waals surface area contributed by atoms with Crippen molar-refractivity contribution in [1.29, 1.82) is 0 Å². The molecule has 2 N–H and O–H groups in total. The van der Waals surface area contributed by atoms with E-state index in [4.69, 9.17) is 16.3 Å². The summed E-state index contributed by atoms with van der Waals surface area (Å²) in [4.78, 5) is 0. The second-order valence-electron chi connectivity index (χ2n) is 7.41. The third-order valence-electron chi connectivity index (χ3n) is 5.90. The summed E-state index contributed by atoms with van der Waals surface area (Å²) in [5.74, 6) is 0.914. The van der Waals surface area contributed by atoms with Gasteiger partial charge >= 0.3 is 0 Å². The van der Waals surface area contributed by atoms with Crippen LogP contribution in [0.25, 0.3) is 0 Å². The van der Waals surface area contributed by atoms with Gasteiger partial charge in [0.15, 0.2) is 0 Å². The van der Waals surface area contributed by atoms with Gasteiger partial charge in [0, 0.05) is 11.1 Å². The number of hydrogen-bond acceptors (Lipinski definition) is 3. The van der Waals surface area contributed by atoms with Crippen LogP contribution in [0.4, 0.5) is 0 Å². The molecular weight excluding hydrogens is 356 g/mol. The molecule has 1 fully saturated rings. The highest BCUT2D eigenvalue weighted by Crippen LogP contribution is 2.40. The molecule has 2 unspecified atom stereocenters. The molecule has 1 saturated carbocycles. The van der Waals surface area contributed by atoms with Crippen molar-refractivity contribution < 1.29 is 4.74 Å². The monoisotopic (exact) mass is 386 g/mol. The molecule has 0 aliphatic heterocycles. The number of aryl methyl sites for hydroxylation is 1. The zero-order valence-electron chi connectivity index (χ0n) is 16.4. The van der Waals surface area contributed by atoms with E-state index in [9.17, 15) is 0 Å². The second-order valence-corrected chi connectivity index (χ2v) is 7.81. The van der Waals surface area contributed by atoms with Crippen LogP contribution in [0.3, 0.4) is 0 Å². The number of ether oxygens (including phenoxy) is 1. The predicted octanol–water partition coefficient (Wildman–Crippen LogP) is 4.93. The van der Waals surface area contributed by atoms with Crippen LogP contribution in [0.5, 0.6) is 5.75 Å². The molecule has 4 heteroatoms. The van der Waals surface area contributed by atoms with Crippen molar-refractivity contribution in [1.82, 2.24) is 10.6 Å². The Morgan fingerprint density at radius 2 is 1.89 bits per heavy atom. The summed E-state index contributed by atoms with van der Waals surface area (Å²) in [5, 5.41) is 8.33. The fourth-order valence-corrected chi connectivity index (χ4v) is 4.69. The predicted molar refractivity (Wildman–Crippen MR) is 114 cm³/mol. The van der Waals surface area contributed by atoms with Gasteiger partial charge < -0.3 is 15.4 Å². The van der Waals surface area contributed by atoms with Gasteiger partial charge in [0.2, 0.25) is 0 Å². The fraction of sp³-hybridized carbons (Fsp3) is 0.478. The number of likely N-dealkylation sites (N-methyl/N-ethyl adjacent to an activating group) is 1. The lowest BCUT2D eigenvalue weighted by Crippen LogP contribution is -2.58. The maximum absolute atomic E-state index is 6.58. The van der Waals surface area contributed by atoms with E-state index in [0.717, 1.165) is 36.6 Å². The van der Waals surface area contributed by atoms with Crippen LogP contribution in [0.1, 0.15) is 43.2 Å². The molecule has 2 aromatic rings. The third kappa shape index (κ3) is 4.66. The average Bonchev–Trinajstić information content (AvgIpc) is 2.72. The minimum Gasteiger partial charge on any atom is -0.497 e. The van der Waals surface area contributed by atoms with Gasteiger partial charge in [-0.3, -0.25) is 0 Å². The van der Waals surface area contributed by atoms with E-state index in [1.165, 1.54) is 30.4 Å². The van der Waals surface area contributed by atoms with E-state index >= 15 is 0 Å². The topological polar surface area (TPSA) is 33.3 Å². The van der Waals surface area contributed by atoms with Crippen molar-refractivity contribution in [2.45, 2.75) is 50.1 Å². The van der Waals surface area contributed by atoms with Crippen molar-refractivity contribution in [2.75, 3.05) is 20.7 Å². The normalized spacial score (nSPS) is 22.6. The van der Waals surface area contributed by atoms with Gasteiger partial charge in [-0.1, -0.05) is 54.8 Å². The first-order valence-electron chi connectivity index (χ1n) is 10.00. The molecule has 0 radical (unpaired) electrons. The maximum Gasteiger partial charge on any atom is 0.118 e. The van der Waals surface area contributed by atoms with Crippen molar-refractivity contribution in [2.24, 2.45) is 0 Å². The van der Waals surface area contributed by atoms with Crippen LogP contribution in [0.15, 0.2) is 48.5 Å². The van der Waals surface area contributed by atoms with Crippen LogP contribution in [-0.4, -0.2) is 26.7 Å². The first-order chi connectivity index (χ1) is 13.2. The third-order valence-corrected chi connectivity index (χ3v) is 6.23. The Morgan fingerprint density at radius 3 is 2.59 bits per heavy atom. The highest BCUT2D eigenvalue weighted by atomic mass is 35.5. The molecule has 3 rings (SSSR count). The quantitative estimate of drug-likeness (QED) is 0.631. The molecule has 0 aromatic heterocycles. The number of rotatable bonds is 8. The molecule has 3 nitrogen and oxygen atoms in total. The molecule has 0 spiro atoms. The number of halogens is 1. The van der Waals surface area contributed by atoms with Crippen LogP contribution in [-0.2, 0) is 12.0 Å². The summed E-state index contributed by atoms with van der Waals surface area (Å²) in [6.45, 7) is 1.00. The van der Waals surface area contributed by atoms with Crippen LogP contribution in [0.2, 0.25) is 5.02 Å². The molecule has 27 heavy (non-hydrogen) atoms. The molecule has 0 saturated heterocycles. The van der Waals surface area contributed by atoms with Crippen LogP contribution < -0.4 is 15.4 Å². The molecular formula is C23H31ClN2O. The lowest BCUT2D eigenvalue weighted by Gasteiger charge is -2.45. The number of hydrogen-bond donors (Lipinski definition) is 2. The molecule has 146 valence electrons. The van der Waals surface area contributed by atoms with E-state index in [-0.39, 0.29) is 5.54 Å². The highest BCUT2D eigenvalue weighted by molar-refractivity contribution is 6.31. The Bertz CT molecular complexity index is 719. The summed E-state index contributed by atoms with van der Waals surface area (Å²) < 4.78 is 5.23. The number of nitrogens with one attached hydrogen (secondary N) is 2.